The van der Waals surface area contributed by atoms with Crippen LogP contribution < -0.4 is 0 Å². The third kappa shape index (κ3) is 1.74. The highest BCUT2D eigenvalue weighted by molar-refractivity contribution is 5.38. The smallest absolute Gasteiger partial charge is 0.128 e. The van der Waals surface area contributed by atoms with Crippen molar-refractivity contribution in [2.75, 3.05) is 0 Å². The van der Waals surface area contributed by atoms with Crippen molar-refractivity contribution >= 4 is 0 Å². The number of aliphatic hydroxyl groups is 1. The fourth-order valence-electron chi connectivity index (χ4n) is 1.28. The van der Waals surface area contributed by atoms with Crippen molar-refractivity contribution in [1.82, 2.24) is 0 Å². The van der Waals surface area contributed by atoms with E-state index in [4.69, 9.17) is 0 Å². The zero-order valence-electron chi connectivity index (χ0n) is 7.62. The Bertz CT molecular complexity index is 358. The van der Waals surface area contributed by atoms with Crippen LogP contribution in [0.25, 0.3) is 0 Å². The van der Waals surface area contributed by atoms with Gasteiger partial charge in [-0.1, -0.05) is 37.0 Å². The molecule has 66 valence electrons. The number of hydrogen-bond donors (Lipinski definition) is 1. The largest absolute Gasteiger partial charge is 0.377 e. The summed E-state index contributed by atoms with van der Waals surface area (Å²) in [5.41, 5.74) is 0.269. The lowest BCUT2D eigenvalue weighted by Crippen LogP contribution is -2.05. The molecule has 1 aliphatic rings. The fourth-order valence-corrected chi connectivity index (χ4v) is 1.28. The lowest BCUT2D eigenvalue weighted by atomic mass is 10.2. The molecule has 2 atom stereocenters. The van der Waals surface area contributed by atoms with E-state index in [-0.39, 0.29) is 0 Å². The Morgan fingerprint density at radius 1 is 1.38 bits per heavy atom. The normalized spacial score (nSPS) is 30.5. The van der Waals surface area contributed by atoms with Crippen LogP contribution in [0.4, 0.5) is 0 Å². The first-order chi connectivity index (χ1) is 6.21. The molecule has 1 N–H and O–H groups in total. The van der Waals surface area contributed by atoms with E-state index in [1.807, 2.05) is 37.3 Å². The van der Waals surface area contributed by atoms with Gasteiger partial charge in [-0.25, -0.2) is 0 Å². The molecule has 1 aromatic carbocycles. The van der Waals surface area contributed by atoms with E-state index >= 15 is 0 Å². The molecule has 0 spiro atoms. The predicted molar refractivity (Wildman–Crippen MR) is 52.1 cm³/mol. The van der Waals surface area contributed by atoms with Crippen molar-refractivity contribution in [3.8, 4) is 11.8 Å². The lowest BCUT2D eigenvalue weighted by Gasteiger charge is -1.95. The van der Waals surface area contributed by atoms with Gasteiger partial charge in [-0.15, -0.1) is 0 Å². The molecule has 0 saturated heterocycles. The maximum atomic E-state index is 9.68. The first-order valence-electron chi connectivity index (χ1n) is 4.51. The number of benzene rings is 1. The van der Waals surface area contributed by atoms with Crippen molar-refractivity contribution in [2.24, 2.45) is 5.92 Å². The van der Waals surface area contributed by atoms with Crippen molar-refractivity contribution in [1.29, 1.82) is 0 Å². The topological polar surface area (TPSA) is 20.2 Å². The lowest BCUT2D eigenvalue weighted by molar-refractivity contribution is 0.196. The van der Waals surface area contributed by atoms with Crippen LogP contribution in [0.1, 0.15) is 18.9 Å². The van der Waals surface area contributed by atoms with Crippen molar-refractivity contribution in [2.45, 2.75) is 18.9 Å². The summed E-state index contributed by atoms with van der Waals surface area (Å²) < 4.78 is 0. The Kier molecular flexibility index (Phi) is 1.86. The summed E-state index contributed by atoms with van der Waals surface area (Å²) in [5, 5.41) is 9.68. The van der Waals surface area contributed by atoms with Crippen LogP contribution in [0.3, 0.4) is 0 Å². The van der Waals surface area contributed by atoms with Crippen LogP contribution in [0.5, 0.6) is 0 Å². The van der Waals surface area contributed by atoms with Crippen LogP contribution in [0.2, 0.25) is 0 Å². The SMILES string of the molecule is C[C@H]1C[C@@]1(O)C#Cc1ccccc1. The van der Waals surface area contributed by atoms with Crippen LogP contribution in [0, 0.1) is 17.8 Å². The summed E-state index contributed by atoms with van der Waals surface area (Å²) in [6.07, 6.45) is 0.812. The molecule has 1 fully saturated rings. The van der Waals surface area contributed by atoms with Gasteiger partial charge in [-0.3, -0.25) is 0 Å². The van der Waals surface area contributed by atoms with E-state index < -0.39 is 5.60 Å². The minimum absolute atomic E-state index is 0.337. The maximum Gasteiger partial charge on any atom is 0.128 e. The third-order valence-electron chi connectivity index (χ3n) is 2.47. The molecule has 0 heterocycles. The molecule has 0 amide bonds. The van der Waals surface area contributed by atoms with Crippen molar-refractivity contribution < 1.29 is 5.11 Å². The Labute approximate surface area is 78.4 Å². The van der Waals surface area contributed by atoms with Crippen LogP contribution in [0.15, 0.2) is 30.3 Å². The number of hydrogen-bond acceptors (Lipinski definition) is 1. The number of rotatable bonds is 0. The van der Waals surface area contributed by atoms with E-state index in [0.29, 0.717) is 5.92 Å². The monoisotopic (exact) mass is 172 g/mol. The average Bonchev–Trinajstić information content (AvgIpc) is 2.74. The third-order valence-corrected chi connectivity index (χ3v) is 2.47. The molecule has 1 aromatic rings. The summed E-state index contributed by atoms with van der Waals surface area (Å²) in [5.74, 6) is 6.22. The minimum Gasteiger partial charge on any atom is -0.377 e. The van der Waals surface area contributed by atoms with Gasteiger partial charge in [-0.2, -0.15) is 0 Å². The van der Waals surface area contributed by atoms with Gasteiger partial charge in [0.15, 0.2) is 0 Å². The zero-order valence-corrected chi connectivity index (χ0v) is 7.62. The highest BCUT2D eigenvalue weighted by Gasteiger charge is 2.48. The van der Waals surface area contributed by atoms with Crippen molar-refractivity contribution in [3.63, 3.8) is 0 Å². The Morgan fingerprint density at radius 2 is 2.00 bits per heavy atom. The molecular weight excluding hydrogens is 160 g/mol. The Morgan fingerprint density at radius 3 is 2.54 bits per heavy atom. The van der Waals surface area contributed by atoms with Gasteiger partial charge < -0.3 is 5.11 Å². The quantitative estimate of drug-likeness (QED) is 0.592. The summed E-state index contributed by atoms with van der Waals surface area (Å²) in [4.78, 5) is 0. The summed E-state index contributed by atoms with van der Waals surface area (Å²) in [7, 11) is 0. The predicted octanol–water partition coefficient (Wildman–Crippen LogP) is 1.81. The Balaban J connectivity index is 2.14. The van der Waals surface area contributed by atoms with E-state index in [1.54, 1.807) is 0 Å². The molecule has 13 heavy (non-hydrogen) atoms. The molecule has 0 bridgehead atoms. The molecule has 0 aromatic heterocycles. The van der Waals surface area contributed by atoms with Gasteiger partial charge in [0, 0.05) is 5.56 Å². The molecule has 0 unspecified atom stereocenters. The zero-order chi connectivity index (χ0) is 9.31. The van der Waals surface area contributed by atoms with Crippen LogP contribution >= 0.6 is 0 Å². The van der Waals surface area contributed by atoms with Gasteiger partial charge in [0.05, 0.1) is 0 Å². The molecule has 0 radical (unpaired) electrons. The highest BCUT2D eigenvalue weighted by Crippen LogP contribution is 2.42. The standard InChI is InChI=1S/C12H12O/c1-10-9-12(10,13)8-7-11-5-3-2-4-6-11/h2-6,10,13H,9H2,1H3/t10-,12-/m0/s1. The fraction of sp³-hybridized carbons (Fsp3) is 0.333. The second kappa shape index (κ2) is 2.90. The maximum absolute atomic E-state index is 9.68. The summed E-state index contributed by atoms with van der Waals surface area (Å²) in [6.45, 7) is 2.01. The summed E-state index contributed by atoms with van der Waals surface area (Å²) >= 11 is 0. The van der Waals surface area contributed by atoms with Crippen LogP contribution in [-0.4, -0.2) is 10.7 Å². The molecule has 2 rings (SSSR count). The van der Waals surface area contributed by atoms with Crippen molar-refractivity contribution in [3.05, 3.63) is 35.9 Å². The molecule has 0 aliphatic heterocycles. The first-order valence-corrected chi connectivity index (χ1v) is 4.51. The van der Waals surface area contributed by atoms with Gasteiger partial charge in [0.25, 0.3) is 0 Å². The highest BCUT2D eigenvalue weighted by atomic mass is 16.3. The summed E-state index contributed by atoms with van der Waals surface area (Å²) in [6, 6.07) is 9.75. The second-order valence-corrected chi connectivity index (χ2v) is 3.65. The first kappa shape index (κ1) is 8.34. The molecule has 1 heteroatoms. The van der Waals surface area contributed by atoms with Gasteiger partial charge in [-0.05, 0) is 24.5 Å². The minimum atomic E-state index is -0.699. The van der Waals surface area contributed by atoms with E-state index in [2.05, 4.69) is 11.8 Å². The van der Waals surface area contributed by atoms with Gasteiger partial charge in [0.2, 0.25) is 0 Å². The molecule has 1 aliphatic carbocycles. The molecule has 1 nitrogen and oxygen atoms in total. The van der Waals surface area contributed by atoms with Gasteiger partial charge in [0.1, 0.15) is 5.60 Å². The van der Waals surface area contributed by atoms with E-state index in [0.717, 1.165) is 12.0 Å². The Hall–Kier alpha value is -1.26. The molecule has 1 saturated carbocycles. The molecular formula is C12H12O. The average molecular weight is 172 g/mol. The van der Waals surface area contributed by atoms with Crippen LogP contribution in [-0.2, 0) is 0 Å². The van der Waals surface area contributed by atoms with E-state index in [1.165, 1.54) is 0 Å². The second-order valence-electron chi connectivity index (χ2n) is 3.65. The van der Waals surface area contributed by atoms with Gasteiger partial charge >= 0.3 is 0 Å². The van der Waals surface area contributed by atoms with E-state index in [9.17, 15) is 5.11 Å².